The Morgan fingerprint density at radius 1 is 1.47 bits per heavy atom. The number of hydrogen-bond acceptors (Lipinski definition) is 2. The quantitative estimate of drug-likeness (QED) is 0.805. The lowest BCUT2D eigenvalue weighted by Crippen LogP contribution is -2.21. The minimum Gasteiger partial charge on any atom is -0.493 e. The molecule has 0 amide bonds. The third kappa shape index (κ3) is 2.32. The first kappa shape index (κ1) is 10.5. The van der Waals surface area contributed by atoms with Crippen molar-refractivity contribution in [1.82, 2.24) is 0 Å². The van der Waals surface area contributed by atoms with E-state index in [0.29, 0.717) is 12.3 Å². The largest absolute Gasteiger partial charge is 0.493 e. The summed E-state index contributed by atoms with van der Waals surface area (Å²) >= 11 is 0. The molecule has 1 aliphatic heterocycles. The second-order valence-corrected chi connectivity index (χ2v) is 5.07. The first-order valence-corrected chi connectivity index (χ1v) is 5.44. The van der Waals surface area contributed by atoms with Gasteiger partial charge >= 0.3 is 0 Å². The summed E-state index contributed by atoms with van der Waals surface area (Å²) in [5.41, 5.74) is 1.81. The van der Waals surface area contributed by atoms with Gasteiger partial charge in [0.05, 0.1) is 12.2 Å². The van der Waals surface area contributed by atoms with E-state index < -0.39 is 5.60 Å². The summed E-state index contributed by atoms with van der Waals surface area (Å²) < 4.78 is 5.53. The van der Waals surface area contributed by atoms with Gasteiger partial charge in [0.1, 0.15) is 5.75 Å². The highest BCUT2D eigenvalue weighted by Crippen LogP contribution is 2.34. The first-order valence-electron chi connectivity index (χ1n) is 5.44. The van der Waals surface area contributed by atoms with Crippen molar-refractivity contribution in [2.75, 3.05) is 6.61 Å². The van der Waals surface area contributed by atoms with Crippen molar-refractivity contribution in [1.29, 1.82) is 0 Å². The van der Waals surface area contributed by atoms with Crippen LogP contribution in [0.1, 0.15) is 37.8 Å². The Hall–Kier alpha value is -1.02. The lowest BCUT2D eigenvalue weighted by Gasteiger charge is -2.17. The van der Waals surface area contributed by atoms with Gasteiger partial charge in [0.2, 0.25) is 0 Å². The van der Waals surface area contributed by atoms with E-state index in [2.05, 4.69) is 13.0 Å². The molecule has 1 aliphatic rings. The van der Waals surface area contributed by atoms with Crippen LogP contribution < -0.4 is 4.74 Å². The maximum atomic E-state index is 9.75. The summed E-state index contributed by atoms with van der Waals surface area (Å²) in [6.45, 7) is 6.61. The van der Waals surface area contributed by atoms with Crippen molar-refractivity contribution in [3.8, 4) is 5.75 Å². The third-order valence-electron chi connectivity index (χ3n) is 2.73. The van der Waals surface area contributed by atoms with Crippen LogP contribution in [0.15, 0.2) is 18.2 Å². The zero-order chi connectivity index (χ0) is 11.1. The Balaban J connectivity index is 2.26. The zero-order valence-electron chi connectivity index (χ0n) is 9.58. The standard InChI is InChI=1S/C13H18O2/c1-9-8-15-12-5-4-10(6-11(9)12)7-13(2,3)14/h4-6,9,14H,7-8H2,1-3H3. The lowest BCUT2D eigenvalue weighted by atomic mass is 9.94. The molecule has 2 rings (SSSR count). The van der Waals surface area contributed by atoms with Crippen molar-refractivity contribution in [3.63, 3.8) is 0 Å². The Kier molecular flexibility index (Phi) is 2.47. The van der Waals surface area contributed by atoms with Gasteiger partial charge in [0.25, 0.3) is 0 Å². The van der Waals surface area contributed by atoms with Crippen LogP contribution in [0.4, 0.5) is 0 Å². The average molecular weight is 206 g/mol. The van der Waals surface area contributed by atoms with Crippen LogP contribution in [0.25, 0.3) is 0 Å². The van der Waals surface area contributed by atoms with E-state index in [-0.39, 0.29) is 0 Å². The van der Waals surface area contributed by atoms with Crippen LogP contribution >= 0.6 is 0 Å². The summed E-state index contributed by atoms with van der Waals surface area (Å²) in [6, 6.07) is 6.21. The van der Waals surface area contributed by atoms with Crippen LogP contribution in [-0.4, -0.2) is 17.3 Å². The minimum absolute atomic E-state index is 0.474. The average Bonchev–Trinajstić information content (AvgIpc) is 2.45. The normalized spacial score (nSPS) is 19.9. The van der Waals surface area contributed by atoms with E-state index >= 15 is 0 Å². The molecule has 15 heavy (non-hydrogen) atoms. The molecule has 0 saturated carbocycles. The van der Waals surface area contributed by atoms with Gasteiger partial charge in [0, 0.05) is 17.9 Å². The van der Waals surface area contributed by atoms with E-state index in [4.69, 9.17) is 4.74 Å². The molecule has 1 aromatic carbocycles. The predicted molar refractivity (Wildman–Crippen MR) is 60.4 cm³/mol. The molecule has 1 aromatic rings. The first-order chi connectivity index (χ1) is 6.96. The monoisotopic (exact) mass is 206 g/mol. The highest BCUT2D eigenvalue weighted by molar-refractivity contribution is 5.42. The summed E-state index contributed by atoms with van der Waals surface area (Å²) in [5, 5.41) is 9.75. The molecule has 0 radical (unpaired) electrons. The molecule has 0 saturated heterocycles. The van der Waals surface area contributed by atoms with E-state index in [1.165, 1.54) is 11.1 Å². The van der Waals surface area contributed by atoms with Crippen LogP contribution in [-0.2, 0) is 6.42 Å². The molecule has 0 aromatic heterocycles. The second kappa shape index (κ2) is 3.53. The SMILES string of the molecule is CC1COc2ccc(CC(C)(C)O)cc21. The van der Waals surface area contributed by atoms with Crippen molar-refractivity contribution in [2.45, 2.75) is 38.7 Å². The zero-order valence-corrected chi connectivity index (χ0v) is 9.58. The maximum absolute atomic E-state index is 9.75. The van der Waals surface area contributed by atoms with Crippen LogP contribution in [0.3, 0.4) is 0 Å². The van der Waals surface area contributed by atoms with Crippen LogP contribution in [0, 0.1) is 0 Å². The van der Waals surface area contributed by atoms with Gasteiger partial charge in [-0.2, -0.15) is 0 Å². The van der Waals surface area contributed by atoms with Crippen molar-refractivity contribution in [3.05, 3.63) is 29.3 Å². The summed E-state index contributed by atoms with van der Waals surface area (Å²) in [5.74, 6) is 1.48. The van der Waals surface area contributed by atoms with Gasteiger partial charge in [-0.05, 0) is 25.5 Å². The van der Waals surface area contributed by atoms with Crippen LogP contribution in [0.5, 0.6) is 5.75 Å². The fraction of sp³-hybridized carbons (Fsp3) is 0.538. The Morgan fingerprint density at radius 2 is 2.20 bits per heavy atom. The topological polar surface area (TPSA) is 29.5 Å². The molecule has 2 nitrogen and oxygen atoms in total. The number of aliphatic hydroxyl groups is 1. The third-order valence-corrected chi connectivity index (χ3v) is 2.73. The molecule has 0 bridgehead atoms. The summed E-state index contributed by atoms with van der Waals surface area (Å²) in [7, 11) is 0. The molecule has 82 valence electrons. The molecule has 1 N–H and O–H groups in total. The molecule has 2 heteroatoms. The van der Waals surface area contributed by atoms with Gasteiger partial charge < -0.3 is 9.84 Å². The second-order valence-electron chi connectivity index (χ2n) is 5.07. The molecular weight excluding hydrogens is 188 g/mol. The van der Waals surface area contributed by atoms with Gasteiger partial charge in [-0.1, -0.05) is 19.1 Å². The number of ether oxygens (including phenoxy) is 1. The van der Waals surface area contributed by atoms with Gasteiger partial charge in [0.15, 0.2) is 0 Å². The predicted octanol–water partition coefficient (Wildman–Crippen LogP) is 2.50. The summed E-state index contributed by atoms with van der Waals surface area (Å²) in [4.78, 5) is 0. The molecule has 0 fully saturated rings. The number of fused-ring (bicyclic) bond motifs is 1. The highest BCUT2D eigenvalue weighted by Gasteiger charge is 2.21. The number of rotatable bonds is 2. The smallest absolute Gasteiger partial charge is 0.122 e. The molecule has 1 heterocycles. The van der Waals surface area contributed by atoms with E-state index in [0.717, 1.165) is 12.4 Å². The molecule has 0 aliphatic carbocycles. The van der Waals surface area contributed by atoms with E-state index in [1.807, 2.05) is 26.0 Å². The number of hydrogen-bond donors (Lipinski definition) is 1. The van der Waals surface area contributed by atoms with Crippen molar-refractivity contribution < 1.29 is 9.84 Å². The molecule has 1 unspecified atom stereocenters. The molecular formula is C13H18O2. The number of benzene rings is 1. The Labute approximate surface area is 90.9 Å². The highest BCUT2D eigenvalue weighted by atomic mass is 16.5. The fourth-order valence-electron chi connectivity index (χ4n) is 2.03. The van der Waals surface area contributed by atoms with E-state index in [9.17, 15) is 5.11 Å². The van der Waals surface area contributed by atoms with Gasteiger partial charge in [-0.25, -0.2) is 0 Å². The van der Waals surface area contributed by atoms with Crippen molar-refractivity contribution in [2.24, 2.45) is 0 Å². The summed E-state index contributed by atoms with van der Waals surface area (Å²) in [6.07, 6.45) is 0.688. The minimum atomic E-state index is -0.642. The Bertz CT molecular complexity index is 363. The van der Waals surface area contributed by atoms with Crippen LogP contribution in [0.2, 0.25) is 0 Å². The fourth-order valence-corrected chi connectivity index (χ4v) is 2.03. The molecule has 0 spiro atoms. The molecule has 1 atom stereocenters. The Morgan fingerprint density at radius 3 is 2.87 bits per heavy atom. The maximum Gasteiger partial charge on any atom is 0.122 e. The van der Waals surface area contributed by atoms with Gasteiger partial charge in [-0.3, -0.25) is 0 Å². The van der Waals surface area contributed by atoms with Gasteiger partial charge in [-0.15, -0.1) is 0 Å². The lowest BCUT2D eigenvalue weighted by molar-refractivity contribution is 0.0810. The van der Waals surface area contributed by atoms with Crippen molar-refractivity contribution >= 4 is 0 Å². The van der Waals surface area contributed by atoms with E-state index in [1.54, 1.807) is 0 Å².